The number of amides is 1. The molecule has 1 amide bonds. The fourth-order valence-corrected chi connectivity index (χ4v) is 3.68. The Hall–Kier alpha value is -2.22. The van der Waals surface area contributed by atoms with Crippen LogP contribution in [0.2, 0.25) is 0 Å². The molecule has 2 aromatic rings. The second-order valence-corrected chi connectivity index (χ2v) is 7.00. The van der Waals surface area contributed by atoms with Gasteiger partial charge in [0.2, 0.25) is 5.91 Å². The standard InChI is InChI=1S/C16H21N5O2S/c1-10-18-13(7-14(22)19-10)11-3-2-6-21(8-11)15(23)5-4-12-9-24-16(17)20-12/h7,9,11H,2-6,8H2,1H3,(H2,17,20)(H,18,19,22)/t11-/m1/s1. The summed E-state index contributed by atoms with van der Waals surface area (Å²) in [5, 5.41) is 2.43. The van der Waals surface area contributed by atoms with Crippen molar-refractivity contribution in [1.82, 2.24) is 19.9 Å². The third kappa shape index (κ3) is 4.00. The number of aromatic amines is 1. The van der Waals surface area contributed by atoms with E-state index in [2.05, 4.69) is 15.0 Å². The van der Waals surface area contributed by atoms with Gasteiger partial charge in [0.05, 0.1) is 11.4 Å². The van der Waals surface area contributed by atoms with Gasteiger partial charge in [-0.2, -0.15) is 0 Å². The van der Waals surface area contributed by atoms with Gasteiger partial charge in [0.25, 0.3) is 5.56 Å². The summed E-state index contributed by atoms with van der Waals surface area (Å²) in [6.07, 6.45) is 2.91. The van der Waals surface area contributed by atoms with Crippen LogP contribution < -0.4 is 11.3 Å². The van der Waals surface area contributed by atoms with E-state index in [0.29, 0.717) is 30.3 Å². The number of aromatic nitrogens is 3. The van der Waals surface area contributed by atoms with Gasteiger partial charge in [-0.05, 0) is 26.2 Å². The predicted octanol–water partition coefficient (Wildman–Crippen LogP) is 1.46. The number of piperidine rings is 1. The Bertz CT molecular complexity index is 785. The summed E-state index contributed by atoms with van der Waals surface area (Å²) in [5.74, 6) is 0.855. The first-order valence-corrected chi connectivity index (χ1v) is 8.95. The van der Waals surface area contributed by atoms with Crippen molar-refractivity contribution in [3.8, 4) is 0 Å². The van der Waals surface area contributed by atoms with Gasteiger partial charge >= 0.3 is 0 Å². The zero-order chi connectivity index (χ0) is 17.1. The van der Waals surface area contributed by atoms with E-state index >= 15 is 0 Å². The number of hydrogen-bond acceptors (Lipinski definition) is 6. The Morgan fingerprint density at radius 2 is 2.33 bits per heavy atom. The molecule has 1 atom stereocenters. The van der Waals surface area contributed by atoms with Gasteiger partial charge in [0.1, 0.15) is 5.82 Å². The van der Waals surface area contributed by atoms with E-state index in [1.165, 1.54) is 11.3 Å². The summed E-state index contributed by atoms with van der Waals surface area (Å²) in [6, 6.07) is 1.55. The molecule has 2 aromatic heterocycles. The lowest BCUT2D eigenvalue weighted by atomic mass is 9.94. The SMILES string of the molecule is Cc1nc([C@@H]2CCCN(C(=O)CCc3csc(N)n3)C2)cc(=O)[nH]1. The lowest BCUT2D eigenvalue weighted by molar-refractivity contribution is -0.132. The van der Waals surface area contributed by atoms with Gasteiger partial charge in [-0.1, -0.05) is 0 Å². The van der Waals surface area contributed by atoms with Gasteiger partial charge < -0.3 is 15.6 Å². The molecule has 0 spiro atoms. The number of thiazole rings is 1. The van der Waals surface area contributed by atoms with Gasteiger partial charge in [-0.3, -0.25) is 9.59 Å². The average Bonchev–Trinajstić information content (AvgIpc) is 2.97. The Balaban J connectivity index is 1.62. The summed E-state index contributed by atoms with van der Waals surface area (Å²) in [5.41, 5.74) is 7.12. The minimum atomic E-state index is -0.137. The molecule has 1 aliphatic heterocycles. The van der Waals surface area contributed by atoms with Crippen LogP contribution in [0.25, 0.3) is 0 Å². The van der Waals surface area contributed by atoms with Crippen LogP contribution in [-0.2, 0) is 11.2 Å². The molecule has 24 heavy (non-hydrogen) atoms. The average molecular weight is 347 g/mol. The third-order valence-corrected chi connectivity index (χ3v) is 4.96. The van der Waals surface area contributed by atoms with E-state index < -0.39 is 0 Å². The zero-order valence-electron chi connectivity index (χ0n) is 13.6. The van der Waals surface area contributed by atoms with Gasteiger partial charge in [-0.15, -0.1) is 11.3 Å². The van der Waals surface area contributed by atoms with Crippen LogP contribution in [0.5, 0.6) is 0 Å². The molecule has 0 aliphatic carbocycles. The van der Waals surface area contributed by atoms with Gasteiger partial charge in [0, 0.05) is 36.9 Å². The van der Waals surface area contributed by atoms with Crippen molar-refractivity contribution in [3.05, 3.63) is 39.0 Å². The highest BCUT2D eigenvalue weighted by molar-refractivity contribution is 7.13. The normalized spacial score (nSPS) is 17.9. The van der Waals surface area contributed by atoms with Crippen molar-refractivity contribution >= 4 is 22.4 Å². The predicted molar refractivity (Wildman–Crippen MR) is 93.0 cm³/mol. The Morgan fingerprint density at radius 3 is 3.04 bits per heavy atom. The van der Waals surface area contributed by atoms with Crippen molar-refractivity contribution < 1.29 is 4.79 Å². The molecule has 1 fully saturated rings. The number of nitrogens with zero attached hydrogens (tertiary/aromatic N) is 3. The first-order chi connectivity index (χ1) is 11.5. The number of nitrogen functional groups attached to an aromatic ring is 1. The molecular weight excluding hydrogens is 326 g/mol. The third-order valence-electron chi connectivity index (χ3n) is 4.24. The van der Waals surface area contributed by atoms with Crippen molar-refractivity contribution in [1.29, 1.82) is 0 Å². The molecule has 1 saturated heterocycles. The van der Waals surface area contributed by atoms with E-state index in [1.807, 2.05) is 10.3 Å². The fraction of sp³-hybridized carbons (Fsp3) is 0.500. The van der Waals surface area contributed by atoms with Gasteiger partial charge in [0.15, 0.2) is 5.13 Å². The minimum absolute atomic E-state index is 0.118. The number of anilines is 1. The second kappa shape index (κ2) is 7.12. The molecule has 0 unspecified atom stereocenters. The highest BCUT2D eigenvalue weighted by Crippen LogP contribution is 2.25. The number of aryl methyl sites for hydroxylation is 2. The molecule has 3 heterocycles. The zero-order valence-corrected chi connectivity index (χ0v) is 14.4. The van der Waals surface area contributed by atoms with Crippen molar-refractivity contribution in [2.75, 3.05) is 18.8 Å². The highest BCUT2D eigenvalue weighted by atomic mass is 32.1. The van der Waals surface area contributed by atoms with Crippen LogP contribution in [-0.4, -0.2) is 38.8 Å². The smallest absolute Gasteiger partial charge is 0.251 e. The van der Waals surface area contributed by atoms with Crippen LogP contribution in [0, 0.1) is 6.92 Å². The molecule has 1 aliphatic rings. The first kappa shape index (κ1) is 16.6. The first-order valence-electron chi connectivity index (χ1n) is 8.07. The maximum Gasteiger partial charge on any atom is 0.251 e. The maximum absolute atomic E-state index is 12.5. The fourth-order valence-electron chi connectivity index (χ4n) is 3.09. The quantitative estimate of drug-likeness (QED) is 0.871. The molecule has 0 saturated carbocycles. The maximum atomic E-state index is 12.5. The van der Waals surface area contributed by atoms with Crippen molar-refractivity contribution in [2.24, 2.45) is 0 Å². The molecular formula is C16H21N5O2S. The Labute approximate surface area is 143 Å². The summed E-state index contributed by atoms with van der Waals surface area (Å²) >= 11 is 1.39. The number of likely N-dealkylation sites (tertiary alicyclic amines) is 1. The molecule has 0 aromatic carbocycles. The summed E-state index contributed by atoms with van der Waals surface area (Å²) in [7, 11) is 0. The van der Waals surface area contributed by atoms with Crippen LogP contribution in [0.1, 0.15) is 42.4 Å². The lowest BCUT2D eigenvalue weighted by Gasteiger charge is -2.32. The van der Waals surface area contributed by atoms with Crippen molar-refractivity contribution in [2.45, 2.75) is 38.5 Å². The number of carbonyl (C=O) groups is 1. The monoisotopic (exact) mass is 347 g/mol. The molecule has 7 nitrogen and oxygen atoms in total. The van der Waals surface area contributed by atoms with E-state index in [9.17, 15) is 9.59 Å². The molecule has 3 N–H and O–H groups in total. The van der Waals surface area contributed by atoms with Crippen LogP contribution >= 0.6 is 11.3 Å². The second-order valence-electron chi connectivity index (χ2n) is 6.11. The van der Waals surface area contributed by atoms with E-state index in [1.54, 1.807) is 13.0 Å². The molecule has 128 valence electrons. The number of rotatable bonds is 4. The lowest BCUT2D eigenvalue weighted by Crippen LogP contribution is -2.39. The van der Waals surface area contributed by atoms with E-state index in [4.69, 9.17) is 5.73 Å². The molecule has 0 radical (unpaired) electrons. The summed E-state index contributed by atoms with van der Waals surface area (Å²) in [6.45, 7) is 3.15. The number of nitrogens with one attached hydrogen (secondary N) is 1. The number of H-pyrrole nitrogens is 1. The number of nitrogens with two attached hydrogens (primary N) is 1. The Kier molecular flexibility index (Phi) is 4.94. The van der Waals surface area contributed by atoms with Crippen molar-refractivity contribution in [3.63, 3.8) is 0 Å². The molecule has 3 rings (SSSR count). The van der Waals surface area contributed by atoms with Crippen LogP contribution in [0.4, 0.5) is 5.13 Å². The number of carbonyl (C=O) groups excluding carboxylic acids is 1. The van der Waals surface area contributed by atoms with E-state index in [0.717, 1.165) is 30.8 Å². The van der Waals surface area contributed by atoms with Gasteiger partial charge in [-0.25, -0.2) is 9.97 Å². The van der Waals surface area contributed by atoms with Crippen LogP contribution in [0.15, 0.2) is 16.2 Å². The topological polar surface area (TPSA) is 105 Å². The summed E-state index contributed by atoms with van der Waals surface area (Å²) < 4.78 is 0. The highest BCUT2D eigenvalue weighted by Gasteiger charge is 2.26. The number of hydrogen-bond donors (Lipinski definition) is 2. The largest absolute Gasteiger partial charge is 0.375 e. The van der Waals surface area contributed by atoms with E-state index in [-0.39, 0.29) is 17.4 Å². The summed E-state index contributed by atoms with van der Waals surface area (Å²) in [4.78, 5) is 37.3. The van der Waals surface area contributed by atoms with Crippen LogP contribution in [0.3, 0.4) is 0 Å². The molecule has 0 bridgehead atoms. The minimum Gasteiger partial charge on any atom is -0.375 e. The Morgan fingerprint density at radius 1 is 1.50 bits per heavy atom. The molecule has 8 heteroatoms.